The maximum Gasteiger partial charge on any atom is 0.107 e. The van der Waals surface area contributed by atoms with Gasteiger partial charge in [-0.3, -0.25) is 0 Å². The minimum absolute atomic E-state index is 0.0177. The number of benzene rings is 2. The lowest BCUT2D eigenvalue weighted by Gasteiger charge is -2.24. The highest BCUT2D eigenvalue weighted by atomic mass is 16.5. The average Bonchev–Trinajstić information content (AvgIpc) is 2.88. The molecule has 0 aromatic heterocycles. The van der Waals surface area contributed by atoms with E-state index < -0.39 is 0 Å². The van der Waals surface area contributed by atoms with Crippen LogP contribution in [-0.2, 0) is 11.2 Å². The van der Waals surface area contributed by atoms with Crippen molar-refractivity contribution in [1.82, 2.24) is 4.90 Å². The molecule has 0 aliphatic heterocycles. The van der Waals surface area contributed by atoms with Crippen molar-refractivity contribution in [2.24, 2.45) is 0 Å². The molecule has 0 bridgehead atoms. The van der Waals surface area contributed by atoms with Gasteiger partial charge in [-0.2, -0.15) is 0 Å². The topological polar surface area (TPSA) is 12.5 Å². The molecule has 1 unspecified atom stereocenters. The van der Waals surface area contributed by atoms with Gasteiger partial charge >= 0.3 is 0 Å². The standard InChI is InChI=1S/C22H35NO.C10H14/c1-5-9-13-20(8-4)22(21-14-11-10-12-15-21)24-19-18-23(16-6-2)17-7-3;1-2-3-7-10-8-5-4-6-9-10/h8-15,22H,5-7,16-19H2,1-4H3;4-6,8-9H,2-3,7H2,1H3/b13-9-,20-8+;. The SMILES string of the molecule is C/C=C(\C=C/CC)C(OCCN(CCC)CCC)c1ccccc1.CCCCc1ccccc1. The molecule has 1 atom stereocenters. The molecular weight excluding hydrogens is 414 g/mol. The second kappa shape index (κ2) is 20.2. The molecule has 0 spiro atoms. The molecule has 0 amide bonds. The Kier molecular flexibility index (Phi) is 17.8. The first-order chi connectivity index (χ1) is 16.7. The molecular formula is C32H49NO. The zero-order valence-electron chi connectivity index (χ0n) is 22.5. The van der Waals surface area contributed by atoms with Gasteiger partial charge in [0.05, 0.1) is 6.61 Å². The van der Waals surface area contributed by atoms with Gasteiger partial charge in [-0.1, -0.05) is 113 Å². The van der Waals surface area contributed by atoms with Crippen molar-refractivity contribution in [3.63, 3.8) is 0 Å². The third kappa shape index (κ3) is 12.9. The van der Waals surface area contributed by atoms with Crippen molar-refractivity contribution in [3.05, 3.63) is 95.6 Å². The summed E-state index contributed by atoms with van der Waals surface area (Å²) in [6.45, 7) is 15.0. The van der Waals surface area contributed by atoms with Gasteiger partial charge < -0.3 is 9.64 Å². The Balaban J connectivity index is 0.000000479. The van der Waals surface area contributed by atoms with Gasteiger partial charge in [-0.15, -0.1) is 0 Å². The maximum absolute atomic E-state index is 6.34. The van der Waals surface area contributed by atoms with Crippen LogP contribution in [0, 0.1) is 0 Å². The normalized spacial score (nSPS) is 12.6. The van der Waals surface area contributed by atoms with E-state index in [1.165, 1.54) is 48.8 Å². The Bertz CT molecular complexity index is 760. The highest BCUT2D eigenvalue weighted by Gasteiger charge is 2.15. The fraction of sp³-hybridized carbons (Fsp3) is 0.500. The zero-order valence-corrected chi connectivity index (χ0v) is 22.5. The van der Waals surface area contributed by atoms with Crippen molar-refractivity contribution < 1.29 is 4.74 Å². The van der Waals surface area contributed by atoms with Gasteiger partial charge in [0.1, 0.15) is 6.10 Å². The predicted octanol–water partition coefficient (Wildman–Crippen LogP) is 8.81. The summed E-state index contributed by atoms with van der Waals surface area (Å²) in [5.74, 6) is 0. The van der Waals surface area contributed by atoms with E-state index in [1.54, 1.807) is 0 Å². The van der Waals surface area contributed by atoms with Gasteiger partial charge in [0.25, 0.3) is 0 Å². The van der Waals surface area contributed by atoms with Crippen LogP contribution in [0.25, 0.3) is 0 Å². The molecule has 0 radical (unpaired) electrons. The van der Waals surface area contributed by atoms with Crippen molar-refractivity contribution in [2.45, 2.75) is 79.2 Å². The van der Waals surface area contributed by atoms with E-state index in [0.29, 0.717) is 0 Å². The Morgan fingerprint density at radius 2 is 1.44 bits per heavy atom. The van der Waals surface area contributed by atoms with E-state index in [2.05, 4.69) is 118 Å². The summed E-state index contributed by atoms with van der Waals surface area (Å²) in [4.78, 5) is 2.50. The number of rotatable bonds is 15. The Hall–Kier alpha value is -2.16. The number of ether oxygens (including phenoxy) is 1. The number of hydrogen-bond donors (Lipinski definition) is 0. The van der Waals surface area contributed by atoms with Crippen molar-refractivity contribution >= 4 is 0 Å². The molecule has 2 aromatic rings. The monoisotopic (exact) mass is 463 g/mol. The minimum Gasteiger partial charge on any atom is -0.367 e. The summed E-state index contributed by atoms with van der Waals surface area (Å²) in [5, 5.41) is 0. The fourth-order valence-electron chi connectivity index (χ4n) is 3.89. The summed E-state index contributed by atoms with van der Waals surface area (Å²) in [6, 6.07) is 21.2. The number of unbranched alkanes of at least 4 members (excludes halogenated alkanes) is 1. The fourth-order valence-corrected chi connectivity index (χ4v) is 3.89. The number of nitrogens with zero attached hydrogens (tertiary/aromatic N) is 1. The Labute approximate surface area is 210 Å². The van der Waals surface area contributed by atoms with Crippen LogP contribution in [0.15, 0.2) is 84.5 Å². The second-order valence-electron chi connectivity index (χ2n) is 8.69. The summed E-state index contributed by atoms with van der Waals surface area (Å²) in [5.41, 5.74) is 3.92. The molecule has 188 valence electrons. The molecule has 0 N–H and O–H groups in total. The van der Waals surface area contributed by atoms with Crippen LogP contribution in [0.1, 0.15) is 84.0 Å². The van der Waals surface area contributed by atoms with Gasteiger partial charge in [-0.05, 0) is 68.8 Å². The lowest BCUT2D eigenvalue weighted by Crippen LogP contribution is -2.29. The number of allylic oxidation sites excluding steroid dienone is 2. The zero-order chi connectivity index (χ0) is 24.9. The number of hydrogen-bond acceptors (Lipinski definition) is 2. The van der Waals surface area contributed by atoms with Crippen LogP contribution in [0.4, 0.5) is 0 Å². The van der Waals surface area contributed by atoms with Crippen LogP contribution in [0.3, 0.4) is 0 Å². The first-order valence-corrected chi connectivity index (χ1v) is 13.5. The molecule has 0 aliphatic carbocycles. The molecule has 2 aromatic carbocycles. The summed E-state index contributed by atoms with van der Waals surface area (Å²) < 4.78 is 6.34. The molecule has 2 rings (SSSR count). The number of aryl methyl sites for hydroxylation is 1. The van der Waals surface area contributed by atoms with Gasteiger partial charge in [0.2, 0.25) is 0 Å². The van der Waals surface area contributed by atoms with Crippen LogP contribution in [-0.4, -0.2) is 31.1 Å². The van der Waals surface area contributed by atoms with E-state index in [-0.39, 0.29) is 6.10 Å². The van der Waals surface area contributed by atoms with E-state index in [4.69, 9.17) is 4.74 Å². The summed E-state index contributed by atoms with van der Waals surface area (Å²) in [7, 11) is 0. The summed E-state index contributed by atoms with van der Waals surface area (Å²) in [6.07, 6.45) is 13.9. The molecule has 34 heavy (non-hydrogen) atoms. The Morgan fingerprint density at radius 1 is 0.824 bits per heavy atom. The van der Waals surface area contributed by atoms with E-state index >= 15 is 0 Å². The third-order valence-electron chi connectivity index (χ3n) is 5.72. The van der Waals surface area contributed by atoms with Gasteiger partial charge in [-0.25, -0.2) is 0 Å². The first kappa shape index (κ1) is 29.9. The quantitative estimate of drug-likeness (QED) is 0.245. The van der Waals surface area contributed by atoms with E-state index in [9.17, 15) is 0 Å². The molecule has 0 saturated carbocycles. The summed E-state index contributed by atoms with van der Waals surface area (Å²) >= 11 is 0. The maximum atomic E-state index is 6.34. The van der Waals surface area contributed by atoms with Crippen LogP contribution >= 0.6 is 0 Å². The van der Waals surface area contributed by atoms with Crippen molar-refractivity contribution in [1.29, 1.82) is 0 Å². The predicted molar refractivity (Wildman–Crippen MR) is 150 cm³/mol. The molecule has 0 fully saturated rings. The lowest BCUT2D eigenvalue weighted by molar-refractivity contribution is 0.0593. The van der Waals surface area contributed by atoms with Crippen LogP contribution < -0.4 is 0 Å². The van der Waals surface area contributed by atoms with E-state index in [1.807, 2.05) is 0 Å². The second-order valence-corrected chi connectivity index (χ2v) is 8.69. The van der Waals surface area contributed by atoms with Crippen molar-refractivity contribution in [2.75, 3.05) is 26.2 Å². The van der Waals surface area contributed by atoms with Gasteiger partial charge in [0, 0.05) is 6.54 Å². The highest BCUT2D eigenvalue weighted by Crippen LogP contribution is 2.27. The molecule has 0 heterocycles. The minimum atomic E-state index is 0.0177. The first-order valence-electron chi connectivity index (χ1n) is 13.5. The highest BCUT2D eigenvalue weighted by molar-refractivity contribution is 5.32. The third-order valence-corrected chi connectivity index (χ3v) is 5.72. The smallest absolute Gasteiger partial charge is 0.107 e. The lowest BCUT2D eigenvalue weighted by atomic mass is 10.0. The van der Waals surface area contributed by atoms with Crippen molar-refractivity contribution in [3.8, 4) is 0 Å². The molecule has 0 saturated heterocycles. The molecule has 2 nitrogen and oxygen atoms in total. The Morgan fingerprint density at radius 3 is 1.97 bits per heavy atom. The molecule has 0 aliphatic rings. The molecule has 2 heteroatoms. The largest absolute Gasteiger partial charge is 0.367 e. The van der Waals surface area contributed by atoms with Gasteiger partial charge in [0.15, 0.2) is 0 Å². The average molecular weight is 464 g/mol. The van der Waals surface area contributed by atoms with Crippen LogP contribution in [0.2, 0.25) is 0 Å². The van der Waals surface area contributed by atoms with E-state index in [0.717, 1.165) is 32.7 Å². The van der Waals surface area contributed by atoms with Crippen LogP contribution in [0.5, 0.6) is 0 Å².